The molecule has 1 N–H and O–H groups in total. The number of hydrogen-bond acceptors (Lipinski definition) is 4. The Bertz CT molecular complexity index is 1760. The third-order valence-corrected chi connectivity index (χ3v) is 9.58. The van der Waals surface area contributed by atoms with E-state index >= 15 is 0 Å². The van der Waals surface area contributed by atoms with Gasteiger partial charge in [0.1, 0.15) is 11.2 Å². The number of piperidine rings is 1. The number of carbonyl (C=O) groups is 2. The molecule has 5 heteroatoms. The maximum absolute atomic E-state index is 13.4. The number of ketones is 1. The molecule has 0 radical (unpaired) electrons. The molecule has 4 aromatic carbocycles. The number of para-hydroxylation sites is 2. The molecular formula is C38H38N2O3. The van der Waals surface area contributed by atoms with E-state index in [4.69, 9.17) is 4.42 Å². The quantitative estimate of drug-likeness (QED) is 0.209. The van der Waals surface area contributed by atoms with Gasteiger partial charge in [-0.05, 0) is 99.0 Å². The first kappa shape index (κ1) is 27.6. The molecule has 2 aliphatic rings. The second-order valence-electron chi connectivity index (χ2n) is 12.2. The average molecular weight is 571 g/mol. The van der Waals surface area contributed by atoms with Crippen LogP contribution in [0.4, 0.5) is 0 Å². The maximum atomic E-state index is 13.4. The molecule has 1 aliphatic heterocycles. The maximum Gasteiger partial charge on any atom is 0.251 e. The smallest absolute Gasteiger partial charge is 0.251 e. The molecule has 5 aromatic rings. The molecule has 1 unspecified atom stereocenters. The molecule has 1 aromatic heterocycles. The van der Waals surface area contributed by atoms with Crippen molar-refractivity contribution >= 4 is 33.6 Å². The van der Waals surface area contributed by atoms with Gasteiger partial charge >= 0.3 is 0 Å². The lowest BCUT2D eigenvalue weighted by Crippen LogP contribution is -2.35. The largest absolute Gasteiger partial charge is 0.456 e. The van der Waals surface area contributed by atoms with Crippen LogP contribution in [0, 0.1) is 5.92 Å². The Kier molecular flexibility index (Phi) is 7.82. The van der Waals surface area contributed by atoms with E-state index in [-0.39, 0.29) is 17.6 Å². The lowest BCUT2D eigenvalue weighted by atomic mass is 9.80. The molecular weight excluding hydrogens is 532 g/mol. The zero-order valence-electron chi connectivity index (χ0n) is 24.6. The van der Waals surface area contributed by atoms with E-state index in [2.05, 4.69) is 58.7 Å². The van der Waals surface area contributed by atoms with Crippen molar-refractivity contribution in [3.8, 4) is 0 Å². The number of likely N-dealkylation sites (tertiary alicyclic amines) is 1. The van der Waals surface area contributed by atoms with Gasteiger partial charge in [-0.2, -0.15) is 0 Å². The highest BCUT2D eigenvalue weighted by atomic mass is 16.3. The fourth-order valence-electron chi connectivity index (χ4n) is 7.11. The predicted molar refractivity (Wildman–Crippen MR) is 172 cm³/mol. The van der Waals surface area contributed by atoms with Crippen molar-refractivity contribution in [3.63, 3.8) is 0 Å². The lowest BCUT2D eigenvalue weighted by molar-refractivity contribution is 0.0875. The van der Waals surface area contributed by atoms with Crippen molar-refractivity contribution in [2.45, 2.75) is 44.4 Å². The Hall–Kier alpha value is -4.22. The summed E-state index contributed by atoms with van der Waals surface area (Å²) in [6.07, 6.45) is 5.67. The van der Waals surface area contributed by atoms with Gasteiger partial charge in [0.25, 0.3) is 5.91 Å². The molecule has 0 bridgehead atoms. The number of fused-ring (bicyclic) bond motifs is 4. The van der Waals surface area contributed by atoms with Gasteiger partial charge in [0.2, 0.25) is 0 Å². The number of benzene rings is 4. The number of nitrogens with zero attached hydrogens (tertiary/aromatic N) is 1. The monoisotopic (exact) mass is 570 g/mol. The fraction of sp³-hybridized carbons (Fsp3) is 0.316. The first-order valence-corrected chi connectivity index (χ1v) is 15.8. The van der Waals surface area contributed by atoms with Crippen LogP contribution < -0.4 is 5.32 Å². The minimum absolute atomic E-state index is 0.0694. The summed E-state index contributed by atoms with van der Waals surface area (Å²) in [7, 11) is 0. The Morgan fingerprint density at radius 1 is 0.860 bits per heavy atom. The minimum Gasteiger partial charge on any atom is -0.456 e. The highest BCUT2D eigenvalue weighted by molar-refractivity contribution is 6.06. The van der Waals surface area contributed by atoms with Gasteiger partial charge < -0.3 is 14.6 Å². The molecule has 7 rings (SSSR count). The summed E-state index contributed by atoms with van der Waals surface area (Å²) in [5.74, 6) is 0.859. The van der Waals surface area contributed by atoms with Crippen molar-refractivity contribution in [1.29, 1.82) is 0 Å². The van der Waals surface area contributed by atoms with E-state index in [0.29, 0.717) is 24.4 Å². The number of carbonyl (C=O) groups excluding carboxylic acids is 2. The van der Waals surface area contributed by atoms with Crippen molar-refractivity contribution < 1.29 is 14.0 Å². The summed E-state index contributed by atoms with van der Waals surface area (Å²) >= 11 is 0. The molecule has 218 valence electrons. The number of rotatable bonds is 8. The third kappa shape index (κ3) is 5.74. The molecule has 0 saturated carbocycles. The number of aryl methyl sites for hydroxylation is 1. The van der Waals surface area contributed by atoms with Gasteiger partial charge in [-0.15, -0.1) is 0 Å². The Labute approximate surface area is 252 Å². The summed E-state index contributed by atoms with van der Waals surface area (Å²) in [6.45, 7) is 3.69. The highest BCUT2D eigenvalue weighted by Gasteiger charge is 2.29. The first-order chi connectivity index (χ1) is 21.1. The van der Waals surface area contributed by atoms with E-state index in [1.165, 1.54) is 18.4 Å². The van der Waals surface area contributed by atoms with Gasteiger partial charge in [-0.25, -0.2) is 0 Å². The van der Waals surface area contributed by atoms with E-state index in [1.807, 2.05) is 42.5 Å². The average Bonchev–Trinajstić information content (AvgIpc) is 3.44. The first-order valence-electron chi connectivity index (χ1n) is 15.8. The molecule has 0 spiro atoms. The predicted octanol–water partition coefficient (Wildman–Crippen LogP) is 7.57. The summed E-state index contributed by atoms with van der Waals surface area (Å²) in [6, 6.07) is 30.7. The molecule has 1 fully saturated rings. The number of hydrogen-bond donors (Lipinski definition) is 1. The minimum atomic E-state index is -0.104. The Morgan fingerprint density at radius 3 is 2.51 bits per heavy atom. The molecule has 1 aliphatic carbocycles. The van der Waals surface area contributed by atoms with Crippen molar-refractivity contribution in [2.24, 2.45) is 5.92 Å². The van der Waals surface area contributed by atoms with Crippen LogP contribution in [-0.4, -0.2) is 42.8 Å². The van der Waals surface area contributed by atoms with Gasteiger partial charge in [-0.3, -0.25) is 9.59 Å². The zero-order chi connectivity index (χ0) is 29.2. The lowest BCUT2D eigenvalue weighted by Gasteiger charge is -2.33. The summed E-state index contributed by atoms with van der Waals surface area (Å²) in [5, 5.41) is 5.28. The third-order valence-electron chi connectivity index (χ3n) is 9.58. The van der Waals surface area contributed by atoms with Crippen LogP contribution in [0.15, 0.2) is 95.4 Å². The molecule has 1 atom stereocenters. The van der Waals surface area contributed by atoms with E-state index in [0.717, 1.165) is 77.5 Å². The van der Waals surface area contributed by atoms with Crippen LogP contribution >= 0.6 is 0 Å². The van der Waals surface area contributed by atoms with Gasteiger partial charge in [0.15, 0.2) is 5.78 Å². The second-order valence-corrected chi connectivity index (χ2v) is 12.2. The normalized spacial score (nSPS) is 17.8. The Balaban J connectivity index is 0.919. The molecule has 2 heterocycles. The summed E-state index contributed by atoms with van der Waals surface area (Å²) in [4.78, 5) is 28.9. The fourth-order valence-corrected chi connectivity index (χ4v) is 7.11. The van der Waals surface area contributed by atoms with Crippen LogP contribution in [0.5, 0.6) is 0 Å². The SMILES string of the molecule is O=C(NCCc1cccc2c1oc1ccccc12)c1ccc2c(c1)CCC(CCN1CCC(c3ccccc3)CC1)C2=O. The number of amides is 1. The zero-order valence-corrected chi connectivity index (χ0v) is 24.6. The topological polar surface area (TPSA) is 62.6 Å². The number of furan rings is 1. The van der Waals surface area contributed by atoms with Crippen molar-refractivity contribution in [2.75, 3.05) is 26.2 Å². The number of nitrogens with one attached hydrogen (secondary N) is 1. The molecule has 5 nitrogen and oxygen atoms in total. The van der Waals surface area contributed by atoms with Crippen LogP contribution in [0.1, 0.15) is 69.0 Å². The highest BCUT2D eigenvalue weighted by Crippen LogP contribution is 2.32. The van der Waals surface area contributed by atoms with E-state index in [9.17, 15) is 9.59 Å². The second kappa shape index (κ2) is 12.2. The van der Waals surface area contributed by atoms with E-state index < -0.39 is 0 Å². The van der Waals surface area contributed by atoms with Gasteiger partial charge in [0, 0.05) is 34.4 Å². The Morgan fingerprint density at radius 2 is 1.65 bits per heavy atom. The van der Waals surface area contributed by atoms with Crippen LogP contribution in [0.2, 0.25) is 0 Å². The summed E-state index contributed by atoms with van der Waals surface area (Å²) in [5.41, 5.74) is 6.72. The van der Waals surface area contributed by atoms with Gasteiger partial charge in [-0.1, -0.05) is 72.8 Å². The number of Topliss-reactive ketones (excluding diaryl/α,β-unsaturated/α-hetero) is 1. The molecule has 1 amide bonds. The standard InChI is InChI=1S/C38H38N2O3/c41-36-28(20-24-40-22-18-27(19-23-40)26-7-2-1-3-8-26)13-14-30-25-31(15-16-32(30)36)38(42)39-21-17-29-9-6-11-34-33-10-4-5-12-35(33)43-37(29)34/h1-12,15-16,25,27-28H,13-14,17-24H2,(H,39,42). The van der Waals surface area contributed by atoms with Crippen LogP contribution in [0.3, 0.4) is 0 Å². The van der Waals surface area contributed by atoms with Gasteiger partial charge in [0.05, 0.1) is 0 Å². The van der Waals surface area contributed by atoms with Crippen molar-refractivity contribution in [3.05, 3.63) is 119 Å². The summed E-state index contributed by atoms with van der Waals surface area (Å²) < 4.78 is 6.13. The van der Waals surface area contributed by atoms with Crippen molar-refractivity contribution in [1.82, 2.24) is 10.2 Å². The van der Waals surface area contributed by atoms with Crippen LogP contribution in [0.25, 0.3) is 21.9 Å². The van der Waals surface area contributed by atoms with E-state index in [1.54, 1.807) is 0 Å². The molecule has 43 heavy (non-hydrogen) atoms. The molecule has 1 saturated heterocycles. The van der Waals surface area contributed by atoms with Crippen LogP contribution in [-0.2, 0) is 12.8 Å².